The molecule has 3 heteroatoms. The molecule has 3 nitrogen and oxygen atoms in total. The highest BCUT2D eigenvalue weighted by molar-refractivity contribution is 5.57. The number of β-amino-alcohol motifs (C(OH)–C–C–N with tert-alkyl or cyclic N) is 1. The molecule has 3 unspecified atom stereocenters. The molecule has 3 atom stereocenters. The van der Waals surface area contributed by atoms with Crippen molar-refractivity contribution >= 4 is 5.69 Å². The number of nitrogens with zero attached hydrogens (tertiary/aromatic N) is 1. The largest absolute Gasteiger partial charge is 0.386 e. The lowest BCUT2D eigenvalue weighted by Gasteiger charge is -2.30. The number of benzene rings is 1. The Morgan fingerprint density at radius 2 is 2.11 bits per heavy atom. The number of aliphatic hydroxyl groups is 1. The van der Waals surface area contributed by atoms with Gasteiger partial charge in [-0.15, -0.1) is 0 Å². The van der Waals surface area contributed by atoms with Gasteiger partial charge in [-0.25, -0.2) is 0 Å². The van der Waals surface area contributed by atoms with Crippen LogP contribution in [0.4, 0.5) is 5.69 Å². The highest BCUT2D eigenvalue weighted by atomic mass is 16.3. The summed E-state index contributed by atoms with van der Waals surface area (Å²) in [5.41, 5.74) is 1.98. The van der Waals surface area contributed by atoms with Crippen molar-refractivity contribution in [3.63, 3.8) is 0 Å². The van der Waals surface area contributed by atoms with Crippen LogP contribution in [0.1, 0.15) is 31.7 Å². The van der Waals surface area contributed by atoms with Gasteiger partial charge in [0.05, 0.1) is 11.6 Å². The Morgan fingerprint density at radius 3 is 2.84 bits per heavy atom. The van der Waals surface area contributed by atoms with E-state index in [4.69, 9.17) is 0 Å². The van der Waals surface area contributed by atoms with E-state index in [9.17, 15) is 5.11 Å². The van der Waals surface area contributed by atoms with Gasteiger partial charge in [0.1, 0.15) is 0 Å². The Hall–Kier alpha value is -1.06. The van der Waals surface area contributed by atoms with Gasteiger partial charge in [0.25, 0.3) is 0 Å². The lowest BCUT2D eigenvalue weighted by Crippen LogP contribution is -2.48. The van der Waals surface area contributed by atoms with Gasteiger partial charge in [-0.05, 0) is 44.2 Å². The summed E-state index contributed by atoms with van der Waals surface area (Å²) in [5, 5.41) is 14.6. The molecule has 2 fully saturated rings. The van der Waals surface area contributed by atoms with Gasteiger partial charge in [0.2, 0.25) is 0 Å². The Morgan fingerprint density at radius 1 is 1.32 bits per heavy atom. The van der Waals surface area contributed by atoms with Crippen LogP contribution < -0.4 is 5.32 Å². The second-order valence-corrected chi connectivity index (χ2v) is 6.62. The average molecular weight is 258 g/mol. The van der Waals surface area contributed by atoms with Crippen molar-refractivity contribution in [2.24, 2.45) is 0 Å². The summed E-state index contributed by atoms with van der Waals surface area (Å²) in [7, 11) is 0. The monoisotopic (exact) mass is 258 g/mol. The van der Waals surface area contributed by atoms with Crippen LogP contribution in [0.2, 0.25) is 0 Å². The van der Waals surface area contributed by atoms with E-state index in [2.05, 4.69) is 41.4 Å². The number of rotatable bonds is 2. The Balaban J connectivity index is 1.54. The van der Waals surface area contributed by atoms with Crippen LogP contribution in [0.3, 0.4) is 0 Å². The molecule has 1 aliphatic carbocycles. The van der Waals surface area contributed by atoms with Crippen molar-refractivity contribution in [3.8, 4) is 0 Å². The van der Waals surface area contributed by atoms with E-state index in [-0.39, 0.29) is 6.04 Å². The highest BCUT2D eigenvalue weighted by Crippen LogP contribution is 2.41. The van der Waals surface area contributed by atoms with Crippen molar-refractivity contribution < 1.29 is 5.11 Å². The van der Waals surface area contributed by atoms with E-state index in [1.165, 1.54) is 24.1 Å². The number of para-hydroxylation sites is 1. The first-order chi connectivity index (χ1) is 9.16. The van der Waals surface area contributed by atoms with Crippen LogP contribution in [0, 0.1) is 0 Å². The van der Waals surface area contributed by atoms with E-state index >= 15 is 0 Å². The molecular weight excluding hydrogens is 236 g/mol. The summed E-state index contributed by atoms with van der Waals surface area (Å²) in [4.78, 5) is 2.52. The van der Waals surface area contributed by atoms with Crippen LogP contribution in [0.25, 0.3) is 0 Å². The first kappa shape index (κ1) is 11.7. The number of hydrogen-bond donors (Lipinski definition) is 2. The molecule has 1 saturated heterocycles. The van der Waals surface area contributed by atoms with Crippen molar-refractivity contribution in [2.75, 3.05) is 11.9 Å². The minimum atomic E-state index is -0.568. The van der Waals surface area contributed by atoms with E-state index in [0.29, 0.717) is 6.04 Å². The minimum absolute atomic E-state index is 0.177. The third kappa shape index (κ3) is 1.87. The fraction of sp³-hybridized carbons (Fsp3) is 0.625. The zero-order chi connectivity index (χ0) is 13.0. The maximum Gasteiger partial charge on any atom is 0.0991 e. The smallest absolute Gasteiger partial charge is 0.0991 e. The molecule has 0 radical (unpaired) electrons. The van der Waals surface area contributed by atoms with Crippen LogP contribution in [0.15, 0.2) is 24.3 Å². The van der Waals surface area contributed by atoms with Crippen molar-refractivity contribution in [1.29, 1.82) is 0 Å². The summed E-state index contributed by atoms with van der Waals surface area (Å²) in [5.74, 6) is 0. The zero-order valence-corrected chi connectivity index (χ0v) is 11.5. The van der Waals surface area contributed by atoms with Crippen LogP contribution in [-0.2, 0) is 6.42 Å². The second-order valence-electron chi connectivity index (χ2n) is 6.62. The number of fused-ring (bicyclic) bond motifs is 1. The fourth-order valence-corrected chi connectivity index (χ4v) is 3.94. The van der Waals surface area contributed by atoms with Crippen LogP contribution in [0.5, 0.6) is 0 Å². The molecule has 1 saturated carbocycles. The predicted octanol–water partition coefficient (Wildman–Crippen LogP) is 2.01. The fourth-order valence-electron chi connectivity index (χ4n) is 3.94. The SMILES string of the molecule is CC1CC(O)(C2Cc3ccccc3N2)CN1C1CC1. The molecule has 102 valence electrons. The van der Waals surface area contributed by atoms with Gasteiger partial charge in [-0.2, -0.15) is 0 Å². The number of anilines is 1. The second kappa shape index (κ2) is 3.97. The summed E-state index contributed by atoms with van der Waals surface area (Å²) in [6.07, 6.45) is 4.49. The molecule has 0 bridgehead atoms. The number of likely N-dealkylation sites (tertiary alicyclic amines) is 1. The standard InChI is InChI=1S/C16H22N2O/c1-11-9-16(19,10-18(11)13-6-7-13)15-8-12-4-2-3-5-14(12)17-15/h2-5,11,13,15,17,19H,6-10H2,1H3. The van der Waals surface area contributed by atoms with Crippen molar-refractivity contribution in [2.45, 2.75) is 56.3 Å². The third-order valence-corrected chi connectivity index (χ3v) is 5.11. The van der Waals surface area contributed by atoms with Gasteiger partial charge < -0.3 is 10.4 Å². The lowest BCUT2D eigenvalue weighted by atomic mass is 9.89. The molecule has 2 heterocycles. The Bertz CT molecular complexity index is 474. The maximum atomic E-state index is 11.1. The van der Waals surface area contributed by atoms with Gasteiger partial charge in [-0.1, -0.05) is 18.2 Å². The topological polar surface area (TPSA) is 35.5 Å². The quantitative estimate of drug-likeness (QED) is 0.852. The third-order valence-electron chi connectivity index (χ3n) is 5.11. The average Bonchev–Trinajstić information content (AvgIpc) is 3.05. The molecule has 1 aromatic carbocycles. The molecule has 1 aromatic rings. The van der Waals surface area contributed by atoms with Gasteiger partial charge in [-0.3, -0.25) is 4.90 Å². The maximum absolute atomic E-state index is 11.1. The van der Waals surface area contributed by atoms with Gasteiger partial charge in [0.15, 0.2) is 0 Å². The minimum Gasteiger partial charge on any atom is -0.386 e. The first-order valence-corrected chi connectivity index (χ1v) is 7.48. The van der Waals surface area contributed by atoms with Crippen molar-refractivity contribution in [1.82, 2.24) is 4.90 Å². The molecule has 2 aliphatic heterocycles. The van der Waals surface area contributed by atoms with Crippen molar-refractivity contribution in [3.05, 3.63) is 29.8 Å². The highest BCUT2D eigenvalue weighted by Gasteiger charge is 2.51. The molecule has 3 aliphatic rings. The van der Waals surface area contributed by atoms with E-state index in [1.54, 1.807) is 0 Å². The first-order valence-electron chi connectivity index (χ1n) is 7.48. The van der Waals surface area contributed by atoms with Crippen LogP contribution in [-0.4, -0.2) is 40.3 Å². The summed E-state index contributed by atoms with van der Waals surface area (Å²) in [6, 6.07) is 9.87. The summed E-state index contributed by atoms with van der Waals surface area (Å²) in [6.45, 7) is 3.10. The Kier molecular flexibility index (Phi) is 2.45. The number of hydrogen-bond acceptors (Lipinski definition) is 3. The molecule has 0 spiro atoms. The van der Waals surface area contributed by atoms with E-state index in [0.717, 1.165) is 25.4 Å². The Labute approximate surface area is 114 Å². The summed E-state index contributed by atoms with van der Waals surface area (Å²) >= 11 is 0. The molecule has 0 aromatic heterocycles. The molecular formula is C16H22N2O. The molecule has 2 N–H and O–H groups in total. The zero-order valence-electron chi connectivity index (χ0n) is 11.5. The predicted molar refractivity (Wildman–Crippen MR) is 76.3 cm³/mol. The van der Waals surface area contributed by atoms with Gasteiger partial charge >= 0.3 is 0 Å². The molecule has 19 heavy (non-hydrogen) atoms. The van der Waals surface area contributed by atoms with Gasteiger partial charge in [0, 0.05) is 24.3 Å². The molecule has 4 rings (SSSR count). The normalized spacial score (nSPS) is 38.2. The molecule has 0 amide bonds. The van der Waals surface area contributed by atoms with E-state index in [1.807, 2.05) is 0 Å². The summed E-state index contributed by atoms with van der Waals surface area (Å²) < 4.78 is 0. The lowest BCUT2D eigenvalue weighted by molar-refractivity contribution is 0.0309. The van der Waals surface area contributed by atoms with E-state index < -0.39 is 5.60 Å². The van der Waals surface area contributed by atoms with Crippen LogP contribution >= 0.6 is 0 Å². The number of nitrogens with one attached hydrogen (secondary N) is 1.